The van der Waals surface area contributed by atoms with Crippen LogP contribution in [0.3, 0.4) is 0 Å². The molecule has 1 amide bonds. The maximum absolute atomic E-state index is 11.5. The predicted molar refractivity (Wildman–Crippen MR) is 78.8 cm³/mol. The third-order valence-corrected chi connectivity index (χ3v) is 2.85. The summed E-state index contributed by atoms with van der Waals surface area (Å²) in [4.78, 5) is 15.4. The molecule has 2 rings (SSSR count). The Morgan fingerprint density at radius 1 is 1.30 bits per heavy atom. The predicted octanol–water partition coefficient (Wildman–Crippen LogP) is 1.21. The lowest BCUT2D eigenvalue weighted by Gasteiger charge is -2.16. The quantitative estimate of drug-likeness (QED) is 0.888. The molecule has 0 aliphatic carbocycles. The molecule has 2 unspecified atom stereocenters. The van der Waals surface area contributed by atoms with Crippen LogP contribution >= 0.6 is 12.4 Å². The van der Waals surface area contributed by atoms with Gasteiger partial charge in [-0.1, -0.05) is 12.1 Å². The van der Waals surface area contributed by atoms with Crippen LogP contribution in [0.1, 0.15) is 25.5 Å². The third-order valence-electron chi connectivity index (χ3n) is 2.85. The van der Waals surface area contributed by atoms with Gasteiger partial charge in [0, 0.05) is 0 Å². The van der Waals surface area contributed by atoms with Gasteiger partial charge in [0.05, 0.1) is 17.8 Å². The average molecular weight is 296 g/mol. The van der Waals surface area contributed by atoms with Crippen molar-refractivity contribution in [1.82, 2.24) is 20.1 Å². The van der Waals surface area contributed by atoms with Crippen molar-refractivity contribution in [2.45, 2.75) is 25.9 Å². The highest BCUT2D eigenvalue weighted by atomic mass is 35.5. The molecule has 2 atom stereocenters. The van der Waals surface area contributed by atoms with Crippen molar-refractivity contribution in [2.24, 2.45) is 5.73 Å². The van der Waals surface area contributed by atoms with Crippen molar-refractivity contribution in [3.05, 3.63) is 42.5 Å². The minimum atomic E-state index is -0.503. The molecule has 108 valence electrons. The molecular formula is C13H18ClN5O. The van der Waals surface area contributed by atoms with Gasteiger partial charge in [0.25, 0.3) is 0 Å². The van der Waals surface area contributed by atoms with Gasteiger partial charge in [-0.3, -0.25) is 4.79 Å². The average Bonchev–Trinajstić information content (AvgIpc) is 2.92. The molecule has 0 radical (unpaired) electrons. The number of aromatic nitrogens is 3. The minimum absolute atomic E-state index is 0. The topological polar surface area (TPSA) is 85.8 Å². The monoisotopic (exact) mass is 295 g/mol. The van der Waals surface area contributed by atoms with Crippen molar-refractivity contribution in [1.29, 1.82) is 0 Å². The fraction of sp³-hybridized carbons (Fsp3) is 0.308. The standard InChI is InChI=1S/C13H17N5O.ClH/c1-9(14)13(19)17-10(2)11-3-5-12(6-4-11)18-8-15-7-16-18;/h3-10H,14H2,1-2H3,(H,17,19);1H. The summed E-state index contributed by atoms with van der Waals surface area (Å²) < 4.78 is 1.68. The van der Waals surface area contributed by atoms with Crippen LogP contribution in [-0.2, 0) is 4.79 Å². The van der Waals surface area contributed by atoms with E-state index in [0.717, 1.165) is 11.3 Å². The van der Waals surface area contributed by atoms with Crippen LogP contribution in [0.15, 0.2) is 36.9 Å². The third kappa shape index (κ3) is 3.79. The summed E-state index contributed by atoms with van der Waals surface area (Å²) in [6.45, 7) is 3.58. The Hall–Kier alpha value is -1.92. The molecule has 0 saturated carbocycles. The first-order chi connectivity index (χ1) is 9.08. The Morgan fingerprint density at radius 2 is 1.95 bits per heavy atom. The molecule has 1 aromatic heterocycles. The minimum Gasteiger partial charge on any atom is -0.348 e. The van der Waals surface area contributed by atoms with Gasteiger partial charge in [-0.25, -0.2) is 9.67 Å². The van der Waals surface area contributed by atoms with E-state index in [1.54, 1.807) is 17.9 Å². The number of nitrogens with one attached hydrogen (secondary N) is 1. The lowest BCUT2D eigenvalue weighted by Crippen LogP contribution is -2.39. The molecule has 0 bridgehead atoms. The number of amides is 1. The second-order valence-corrected chi connectivity index (χ2v) is 4.45. The molecule has 7 heteroatoms. The van der Waals surface area contributed by atoms with E-state index in [1.165, 1.54) is 6.33 Å². The molecule has 0 aliphatic heterocycles. The summed E-state index contributed by atoms with van der Waals surface area (Å²) in [5.74, 6) is -0.159. The van der Waals surface area contributed by atoms with Gasteiger partial charge in [-0.15, -0.1) is 12.4 Å². The molecular weight excluding hydrogens is 278 g/mol. The van der Waals surface area contributed by atoms with Crippen molar-refractivity contribution in [3.8, 4) is 5.69 Å². The first-order valence-corrected chi connectivity index (χ1v) is 6.09. The van der Waals surface area contributed by atoms with Gasteiger partial charge < -0.3 is 11.1 Å². The number of carbonyl (C=O) groups excluding carboxylic acids is 1. The number of halogens is 1. The maximum Gasteiger partial charge on any atom is 0.237 e. The number of rotatable bonds is 4. The molecule has 0 saturated heterocycles. The zero-order chi connectivity index (χ0) is 13.8. The van der Waals surface area contributed by atoms with Crippen LogP contribution in [0.2, 0.25) is 0 Å². The van der Waals surface area contributed by atoms with E-state index < -0.39 is 6.04 Å². The Morgan fingerprint density at radius 3 is 2.45 bits per heavy atom. The van der Waals surface area contributed by atoms with Gasteiger partial charge in [0.2, 0.25) is 5.91 Å². The second-order valence-electron chi connectivity index (χ2n) is 4.45. The largest absolute Gasteiger partial charge is 0.348 e. The number of benzene rings is 1. The van der Waals surface area contributed by atoms with Gasteiger partial charge in [0.15, 0.2) is 0 Å². The molecule has 6 nitrogen and oxygen atoms in total. The molecule has 0 aliphatic rings. The van der Waals surface area contributed by atoms with Gasteiger partial charge in [0.1, 0.15) is 12.7 Å². The molecule has 1 heterocycles. The van der Waals surface area contributed by atoms with Crippen LogP contribution in [0.5, 0.6) is 0 Å². The molecule has 20 heavy (non-hydrogen) atoms. The summed E-state index contributed by atoms with van der Waals surface area (Å²) in [5.41, 5.74) is 7.46. The molecule has 3 N–H and O–H groups in total. The fourth-order valence-electron chi connectivity index (χ4n) is 1.69. The van der Waals surface area contributed by atoms with Crippen LogP contribution in [0, 0.1) is 0 Å². The number of carbonyl (C=O) groups is 1. The van der Waals surface area contributed by atoms with Crippen LogP contribution in [0.25, 0.3) is 5.69 Å². The Kier molecular flexibility index (Phi) is 5.66. The van der Waals surface area contributed by atoms with Crippen LogP contribution in [0.4, 0.5) is 0 Å². The molecule has 2 aromatic rings. The van der Waals surface area contributed by atoms with Crippen molar-refractivity contribution >= 4 is 18.3 Å². The van der Waals surface area contributed by atoms with Crippen molar-refractivity contribution in [2.75, 3.05) is 0 Å². The zero-order valence-electron chi connectivity index (χ0n) is 11.4. The van der Waals surface area contributed by atoms with Crippen LogP contribution in [-0.4, -0.2) is 26.7 Å². The number of nitrogens with two attached hydrogens (primary N) is 1. The summed E-state index contributed by atoms with van der Waals surface area (Å²) in [6, 6.07) is 7.17. The van der Waals surface area contributed by atoms with Crippen LogP contribution < -0.4 is 11.1 Å². The fourth-order valence-corrected chi connectivity index (χ4v) is 1.69. The van der Waals surface area contributed by atoms with E-state index in [9.17, 15) is 4.79 Å². The lowest BCUT2D eigenvalue weighted by atomic mass is 10.1. The first-order valence-electron chi connectivity index (χ1n) is 6.09. The molecule has 0 fully saturated rings. The first kappa shape index (κ1) is 16.1. The maximum atomic E-state index is 11.5. The van der Waals surface area contributed by atoms with Gasteiger partial charge >= 0.3 is 0 Å². The summed E-state index contributed by atoms with van der Waals surface area (Å²) in [6.07, 6.45) is 3.12. The lowest BCUT2D eigenvalue weighted by molar-refractivity contribution is -0.122. The number of nitrogens with zero attached hydrogens (tertiary/aromatic N) is 3. The normalized spacial score (nSPS) is 13.2. The van der Waals surface area contributed by atoms with Crippen molar-refractivity contribution in [3.63, 3.8) is 0 Å². The van der Waals surface area contributed by atoms with E-state index in [0.29, 0.717) is 0 Å². The smallest absolute Gasteiger partial charge is 0.237 e. The van der Waals surface area contributed by atoms with Gasteiger partial charge in [-0.2, -0.15) is 5.10 Å². The number of hydrogen-bond donors (Lipinski definition) is 2. The Bertz CT molecular complexity index is 538. The highest BCUT2D eigenvalue weighted by Gasteiger charge is 2.12. The zero-order valence-corrected chi connectivity index (χ0v) is 12.2. The highest BCUT2D eigenvalue weighted by molar-refractivity contribution is 5.85. The number of hydrogen-bond acceptors (Lipinski definition) is 4. The molecule has 0 spiro atoms. The van der Waals surface area contributed by atoms with E-state index in [1.807, 2.05) is 31.2 Å². The van der Waals surface area contributed by atoms with Crippen molar-refractivity contribution < 1.29 is 4.79 Å². The molecule has 1 aromatic carbocycles. The summed E-state index contributed by atoms with van der Waals surface area (Å²) >= 11 is 0. The van der Waals surface area contributed by atoms with E-state index in [-0.39, 0.29) is 24.4 Å². The summed E-state index contributed by atoms with van der Waals surface area (Å²) in [5, 5.41) is 6.90. The van der Waals surface area contributed by atoms with E-state index >= 15 is 0 Å². The van der Waals surface area contributed by atoms with E-state index in [4.69, 9.17) is 5.73 Å². The second kappa shape index (κ2) is 7.02. The Balaban J connectivity index is 0.00000200. The SMILES string of the molecule is CC(N)C(=O)NC(C)c1ccc(-n2cncn2)cc1.Cl. The highest BCUT2D eigenvalue weighted by Crippen LogP contribution is 2.15. The Labute approximate surface area is 123 Å². The summed E-state index contributed by atoms with van der Waals surface area (Å²) in [7, 11) is 0. The van der Waals surface area contributed by atoms with Gasteiger partial charge in [-0.05, 0) is 31.5 Å². The van der Waals surface area contributed by atoms with E-state index in [2.05, 4.69) is 15.4 Å².